The molecule has 2 heterocycles. The number of carbonyl (C=O) groups excluding carboxylic acids is 1. The number of nitrogens with two attached hydrogens (primary N) is 1. The van der Waals surface area contributed by atoms with Gasteiger partial charge in [0.2, 0.25) is 0 Å². The fraction of sp³-hybridized carbons (Fsp3) is 0.600. The zero-order valence-corrected chi connectivity index (χ0v) is 12.4. The Morgan fingerprint density at radius 1 is 1.35 bits per heavy atom. The molecule has 1 aromatic rings. The number of nitrogen functional groups attached to an aromatic ring is 1. The highest BCUT2D eigenvalue weighted by molar-refractivity contribution is 5.97. The quantitative estimate of drug-likeness (QED) is 0.904. The van der Waals surface area contributed by atoms with Gasteiger partial charge in [0.05, 0.1) is 5.69 Å². The molecule has 1 aliphatic heterocycles. The van der Waals surface area contributed by atoms with Gasteiger partial charge in [-0.1, -0.05) is 13.8 Å². The maximum Gasteiger partial charge on any atom is 0.274 e. The molecule has 0 aliphatic carbocycles. The molecule has 0 bridgehead atoms. The maximum atomic E-state index is 12.4. The minimum Gasteiger partial charge on any atom is -0.397 e. The predicted octanol–water partition coefficient (Wildman–Crippen LogP) is 1.47. The summed E-state index contributed by atoms with van der Waals surface area (Å²) in [5.41, 5.74) is 6.65. The van der Waals surface area contributed by atoms with Crippen LogP contribution in [0.15, 0.2) is 18.3 Å². The molecule has 0 spiro atoms. The van der Waals surface area contributed by atoms with Crippen molar-refractivity contribution in [3.8, 4) is 0 Å². The van der Waals surface area contributed by atoms with Gasteiger partial charge in [0.15, 0.2) is 5.69 Å². The Hall–Kier alpha value is -1.62. The van der Waals surface area contributed by atoms with Crippen molar-refractivity contribution in [1.82, 2.24) is 14.8 Å². The topological polar surface area (TPSA) is 62.5 Å². The molecule has 0 radical (unpaired) electrons. The van der Waals surface area contributed by atoms with E-state index in [1.165, 1.54) is 6.42 Å². The van der Waals surface area contributed by atoms with Crippen molar-refractivity contribution in [2.45, 2.75) is 20.3 Å². The number of hydrogen-bond acceptors (Lipinski definition) is 4. The second kappa shape index (κ2) is 6.70. The summed E-state index contributed by atoms with van der Waals surface area (Å²) in [6, 6.07) is 3.47. The number of hydrogen-bond donors (Lipinski definition) is 1. The normalized spacial score (nSPS) is 16.6. The van der Waals surface area contributed by atoms with E-state index in [1.54, 1.807) is 18.3 Å². The molecule has 20 heavy (non-hydrogen) atoms. The first-order valence-electron chi connectivity index (χ1n) is 7.30. The Labute approximate surface area is 120 Å². The average molecular weight is 276 g/mol. The van der Waals surface area contributed by atoms with Crippen LogP contribution in [0.5, 0.6) is 0 Å². The fourth-order valence-electron chi connectivity index (χ4n) is 2.36. The standard InChI is InChI=1S/C15H24N4O/c1-12(2)5-7-18-8-10-19(11-9-18)15(20)14-13(16)4-3-6-17-14/h3-4,6,12H,5,7-11,16H2,1-2H3. The molecule has 1 saturated heterocycles. The van der Waals surface area contributed by atoms with E-state index in [1.807, 2.05) is 4.90 Å². The Morgan fingerprint density at radius 3 is 2.65 bits per heavy atom. The highest BCUT2D eigenvalue weighted by Gasteiger charge is 2.23. The van der Waals surface area contributed by atoms with Crippen LogP contribution in [-0.2, 0) is 0 Å². The summed E-state index contributed by atoms with van der Waals surface area (Å²) >= 11 is 0. The second-order valence-electron chi connectivity index (χ2n) is 5.76. The summed E-state index contributed by atoms with van der Waals surface area (Å²) in [5, 5.41) is 0. The van der Waals surface area contributed by atoms with E-state index in [4.69, 9.17) is 5.73 Å². The van der Waals surface area contributed by atoms with Crippen molar-refractivity contribution >= 4 is 11.6 Å². The molecular weight excluding hydrogens is 252 g/mol. The van der Waals surface area contributed by atoms with Gasteiger partial charge in [-0.25, -0.2) is 4.98 Å². The van der Waals surface area contributed by atoms with Gasteiger partial charge in [0.1, 0.15) is 0 Å². The lowest BCUT2D eigenvalue weighted by Gasteiger charge is -2.35. The van der Waals surface area contributed by atoms with E-state index >= 15 is 0 Å². The summed E-state index contributed by atoms with van der Waals surface area (Å²) in [6.45, 7) is 8.98. The smallest absolute Gasteiger partial charge is 0.274 e. The van der Waals surface area contributed by atoms with Crippen molar-refractivity contribution in [2.24, 2.45) is 5.92 Å². The summed E-state index contributed by atoms with van der Waals surface area (Å²) in [6.07, 6.45) is 2.82. The first-order valence-corrected chi connectivity index (χ1v) is 7.30. The Bertz CT molecular complexity index is 453. The van der Waals surface area contributed by atoms with Gasteiger partial charge >= 0.3 is 0 Å². The number of anilines is 1. The summed E-state index contributed by atoms with van der Waals surface area (Å²) in [5.74, 6) is 0.676. The molecular formula is C15H24N4O. The van der Waals surface area contributed by atoms with E-state index in [-0.39, 0.29) is 5.91 Å². The van der Waals surface area contributed by atoms with E-state index in [2.05, 4.69) is 23.7 Å². The van der Waals surface area contributed by atoms with Crippen LogP contribution in [0.25, 0.3) is 0 Å². The van der Waals surface area contributed by atoms with Crippen LogP contribution < -0.4 is 5.73 Å². The number of aromatic nitrogens is 1. The molecule has 1 aliphatic rings. The van der Waals surface area contributed by atoms with Crippen LogP contribution in [0, 0.1) is 5.92 Å². The van der Waals surface area contributed by atoms with Gasteiger partial charge in [-0.3, -0.25) is 9.69 Å². The molecule has 0 unspecified atom stereocenters. The SMILES string of the molecule is CC(C)CCN1CCN(C(=O)c2ncccc2N)CC1. The van der Waals surface area contributed by atoms with Crippen LogP contribution in [0.1, 0.15) is 30.8 Å². The third-order valence-corrected chi connectivity index (χ3v) is 3.72. The first-order chi connectivity index (χ1) is 9.58. The zero-order valence-electron chi connectivity index (χ0n) is 12.4. The molecule has 5 nitrogen and oxygen atoms in total. The third-order valence-electron chi connectivity index (χ3n) is 3.72. The minimum atomic E-state index is -0.0494. The molecule has 1 aromatic heterocycles. The molecule has 1 fully saturated rings. The van der Waals surface area contributed by atoms with Gasteiger partial charge in [-0.05, 0) is 31.0 Å². The Balaban J connectivity index is 1.88. The number of carbonyl (C=O) groups is 1. The molecule has 0 saturated carbocycles. The predicted molar refractivity (Wildman–Crippen MR) is 80.4 cm³/mol. The summed E-state index contributed by atoms with van der Waals surface area (Å²) in [7, 11) is 0. The molecule has 0 aromatic carbocycles. The van der Waals surface area contributed by atoms with E-state index in [9.17, 15) is 4.79 Å². The van der Waals surface area contributed by atoms with Crippen LogP contribution in [-0.4, -0.2) is 53.4 Å². The van der Waals surface area contributed by atoms with Gasteiger partial charge < -0.3 is 10.6 Å². The van der Waals surface area contributed by atoms with Crippen molar-refractivity contribution in [1.29, 1.82) is 0 Å². The van der Waals surface area contributed by atoms with Crippen molar-refractivity contribution in [3.63, 3.8) is 0 Å². The first kappa shape index (κ1) is 14.8. The van der Waals surface area contributed by atoms with Crippen molar-refractivity contribution in [3.05, 3.63) is 24.0 Å². The second-order valence-corrected chi connectivity index (χ2v) is 5.76. The maximum absolute atomic E-state index is 12.4. The van der Waals surface area contributed by atoms with Gasteiger partial charge in [-0.2, -0.15) is 0 Å². The highest BCUT2D eigenvalue weighted by Crippen LogP contribution is 2.13. The van der Waals surface area contributed by atoms with Gasteiger partial charge in [0.25, 0.3) is 5.91 Å². The summed E-state index contributed by atoms with van der Waals surface area (Å²) < 4.78 is 0. The number of amides is 1. The van der Waals surface area contributed by atoms with Crippen LogP contribution in [0.2, 0.25) is 0 Å². The van der Waals surface area contributed by atoms with E-state index in [0.717, 1.165) is 38.6 Å². The number of piperazine rings is 1. The summed E-state index contributed by atoms with van der Waals surface area (Å²) in [4.78, 5) is 20.7. The molecule has 5 heteroatoms. The van der Waals surface area contributed by atoms with E-state index < -0.39 is 0 Å². The number of nitrogens with zero attached hydrogens (tertiary/aromatic N) is 3. The largest absolute Gasteiger partial charge is 0.397 e. The molecule has 0 atom stereocenters. The van der Waals surface area contributed by atoms with Gasteiger partial charge in [-0.15, -0.1) is 0 Å². The number of rotatable bonds is 4. The van der Waals surface area contributed by atoms with Crippen LogP contribution in [0.4, 0.5) is 5.69 Å². The molecule has 1 amide bonds. The highest BCUT2D eigenvalue weighted by atomic mass is 16.2. The molecule has 2 rings (SSSR count). The lowest BCUT2D eigenvalue weighted by atomic mass is 10.1. The molecule has 2 N–H and O–H groups in total. The Morgan fingerprint density at radius 2 is 2.05 bits per heavy atom. The Kier molecular flexibility index (Phi) is 4.95. The van der Waals surface area contributed by atoms with Crippen LogP contribution >= 0.6 is 0 Å². The van der Waals surface area contributed by atoms with Crippen LogP contribution in [0.3, 0.4) is 0 Å². The number of pyridine rings is 1. The lowest BCUT2D eigenvalue weighted by molar-refractivity contribution is 0.0627. The monoisotopic (exact) mass is 276 g/mol. The third kappa shape index (κ3) is 3.70. The van der Waals surface area contributed by atoms with E-state index in [0.29, 0.717) is 11.4 Å². The van der Waals surface area contributed by atoms with Crippen molar-refractivity contribution in [2.75, 3.05) is 38.5 Å². The zero-order chi connectivity index (χ0) is 14.5. The lowest BCUT2D eigenvalue weighted by Crippen LogP contribution is -2.49. The fourth-order valence-corrected chi connectivity index (χ4v) is 2.36. The average Bonchev–Trinajstić information content (AvgIpc) is 2.45. The van der Waals surface area contributed by atoms with Gasteiger partial charge in [0, 0.05) is 32.4 Å². The molecule has 110 valence electrons. The van der Waals surface area contributed by atoms with Crippen molar-refractivity contribution < 1.29 is 4.79 Å². The minimum absolute atomic E-state index is 0.0494.